The van der Waals surface area contributed by atoms with Gasteiger partial charge in [0.1, 0.15) is 0 Å². The molecule has 0 radical (unpaired) electrons. The first-order valence-corrected chi connectivity index (χ1v) is 7.77. The summed E-state index contributed by atoms with van der Waals surface area (Å²) in [6.07, 6.45) is 1.05. The molecule has 1 saturated carbocycles. The average Bonchev–Trinajstić information content (AvgIpc) is 3.02. The first kappa shape index (κ1) is 14.7. The van der Waals surface area contributed by atoms with Crippen molar-refractivity contribution in [2.45, 2.75) is 57.1 Å². The van der Waals surface area contributed by atoms with Crippen LogP contribution in [0.3, 0.4) is 0 Å². The van der Waals surface area contributed by atoms with Gasteiger partial charge in [0, 0.05) is 15.9 Å². The van der Waals surface area contributed by atoms with Crippen LogP contribution in [0.1, 0.15) is 45.6 Å². The highest BCUT2D eigenvalue weighted by atomic mass is 35.5. The van der Waals surface area contributed by atoms with E-state index in [-0.39, 0.29) is 18.3 Å². The van der Waals surface area contributed by atoms with E-state index >= 15 is 0 Å². The molecule has 2 atom stereocenters. The molecule has 5 heteroatoms. The third-order valence-corrected chi connectivity index (χ3v) is 5.39. The van der Waals surface area contributed by atoms with Gasteiger partial charge in [-0.1, -0.05) is 29.3 Å². The Morgan fingerprint density at radius 3 is 2.25 bits per heavy atom. The predicted molar refractivity (Wildman–Crippen MR) is 83.7 cm³/mol. The molecule has 2 unspecified atom stereocenters. The van der Waals surface area contributed by atoms with Gasteiger partial charge < -0.3 is 9.31 Å². The molecule has 0 amide bonds. The Morgan fingerprint density at radius 1 is 1.10 bits per heavy atom. The Balaban J connectivity index is 1.74. The summed E-state index contributed by atoms with van der Waals surface area (Å²) in [5.74, 6) is 0.796. The molecule has 108 valence electrons. The van der Waals surface area contributed by atoms with Gasteiger partial charge in [-0.15, -0.1) is 0 Å². The van der Waals surface area contributed by atoms with Crippen LogP contribution >= 0.6 is 23.2 Å². The maximum absolute atomic E-state index is 6.28. The average molecular weight is 313 g/mol. The second-order valence-electron chi connectivity index (χ2n) is 6.80. The summed E-state index contributed by atoms with van der Waals surface area (Å²) in [4.78, 5) is 0. The molecule has 20 heavy (non-hydrogen) atoms. The monoisotopic (exact) mass is 312 g/mol. The van der Waals surface area contributed by atoms with Crippen molar-refractivity contribution in [1.82, 2.24) is 0 Å². The lowest BCUT2D eigenvalue weighted by atomic mass is 9.79. The number of benzene rings is 1. The van der Waals surface area contributed by atoms with Crippen molar-refractivity contribution in [2.75, 3.05) is 0 Å². The van der Waals surface area contributed by atoms with Crippen molar-refractivity contribution >= 4 is 30.3 Å². The van der Waals surface area contributed by atoms with E-state index in [0.29, 0.717) is 16.8 Å². The van der Waals surface area contributed by atoms with Gasteiger partial charge in [0.25, 0.3) is 0 Å². The first-order chi connectivity index (χ1) is 9.21. The molecular weight excluding hydrogens is 294 g/mol. The van der Waals surface area contributed by atoms with E-state index in [4.69, 9.17) is 32.5 Å². The summed E-state index contributed by atoms with van der Waals surface area (Å²) < 4.78 is 12.2. The SMILES string of the molecule is CC1(C)OB(C2CC2c2ccc(Cl)cc2Cl)OC1(C)C. The second-order valence-corrected chi connectivity index (χ2v) is 7.64. The zero-order valence-electron chi connectivity index (χ0n) is 12.2. The number of hydrogen-bond donors (Lipinski definition) is 0. The number of hydrogen-bond acceptors (Lipinski definition) is 2. The summed E-state index contributed by atoms with van der Waals surface area (Å²) in [5, 5.41) is 1.41. The fourth-order valence-corrected chi connectivity index (χ4v) is 3.29. The lowest BCUT2D eigenvalue weighted by molar-refractivity contribution is 0.00578. The minimum absolute atomic E-state index is 0.142. The second kappa shape index (κ2) is 4.64. The maximum Gasteiger partial charge on any atom is 0.461 e. The predicted octanol–water partition coefficient (Wildman–Crippen LogP) is 4.94. The molecule has 0 spiro atoms. The summed E-state index contributed by atoms with van der Waals surface area (Å²) >= 11 is 12.2. The van der Waals surface area contributed by atoms with Gasteiger partial charge in [-0.3, -0.25) is 0 Å². The molecule has 2 fully saturated rings. The quantitative estimate of drug-likeness (QED) is 0.720. The van der Waals surface area contributed by atoms with Gasteiger partial charge in [-0.2, -0.15) is 0 Å². The Labute approximate surface area is 130 Å². The van der Waals surface area contributed by atoms with E-state index in [9.17, 15) is 0 Å². The largest absolute Gasteiger partial charge is 0.461 e. The Hall–Kier alpha value is -0.215. The molecule has 1 saturated heterocycles. The van der Waals surface area contributed by atoms with Crippen molar-refractivity contribution in [2.24, 2.45) is 0 Å². The third-order valence-electron chi connectivity index (χ3n) is 4.82. The van der Waals surface area contributed by atoms with Crippen molar-refractivity contribution in [3.63, 3.8) is 0 Å². The maximum atomic E-state index is 6.28. The van der Waals surface area contributed by atoms with Gasteiger partial charge >= 0.3 is 7.12 Å². The van der Waals surface area contributed by atoms with E-state index in [1.54, 1.807) is 6.07 Å². The van der Waals surface area contributed by atoms with Crippen molar-refractivity contribution < 1.29 is 9.31 Å². The molecule has 2 aliphatic rings. The number of halogens is 2. The standard InChI is InChI=1S/C15H19BCl2O2/c1-14(2)15(3,4)20-16(19-14)12-8-11(12)10-6-5-9(17)7-13(10)18/h5-7,11-12H,8H2,1-4H3. The molecule has 2 nitrogen and oxygen atoms in total. The summed E-state index contributed by atoms with van der Waals surface area (Å²) in [5.41, 5.74) is 0.610. The van der Waals surface area contributed by atoms with Crippen LogP contribution in [-0.4, -0.2) is 18.3 Å². The van der Waals surface area contributed by atoms with Gasteiger partial charge in [0.05, 0.1) is 11.2 Å². The highest BCUT2D eigenvalue weighted by Crippen LogP contribution is 2.59. The highest BCUT2D eigenvalue weighted by molar-refractivity contribution is 6.49. The Morgan fingerprint density at radius 2 is 1.70 bits per heavy atom. The van der Waals surface area contributed by atoms with Crippen LogP contribution in [0.2, 0.25) is 15.9 Å². The molecule has 0 N–H and O–H groups in total. The van der Waals surface area contributed by atoms with Gasteiger partial charge in [-0.05, 0) is 57.7 Å². The van der Waals surface area contributed by atoms with E-state index in [1.807, 2.05) is 12.1 Å². The van der Waals surface area contributed by atoms with Crippen LogP contribution in [0.4, 0.5) is 0 Å². The molecule has 3 rings (SSSR count). The van der Waals surface area contributed by atoms with Crippen molar-refractivity contribution in [3.05, 3.63) is 33.8 Å². The lowest BCUT2D eigenvalue weighted by Gasteiger charge is -2.32. The fourth-order valence-electron chi connectivity index (χ4n) is 2.74. The molecule has 1 heterocycles. The normalized spacial score (nSPS) is 30.6. The molecule has 1 aromatic rings. The molecular formula is C15H19BCl2O2. The Kier molecular flexibility index (Phi) is 3.41. The molecule has 1 aliphatic carbocycles. The van der Waals surface area contributed by atoms with E-state index < -0.39 is 0 Å². The van der Waals surface area contributed by atoms with E-state index in [0.717, 1.165) is 17.0 Å². The van der Waals surface area contributed by atoms with Gasteiger partial charge in [0.2, 0.25) is 0 Å². The first-order valence-electron chi connectivity index (χ1n) is 7.02. The zero-order valence-corrected chi connectivity index (χ0v) is 13.8. The Bertz CT molecular complexity index is 529. The molecule has 0 bridgehead atoms. The van der Waals surface area contributed by atoms with Gasteiger partial charge in [-0.25, -0.2) is 0 Å². The summed E-state index contributed by atoms with van der Waals surface area (Å²) in [7, 11) is -0.142. The van der Waals surface area contributed by atoms with Crippen LogP contribution in [0, 0.1) is 0 Å². The third kappa shape index (κ3) is 2.39. The topological polar surface area (TPSA) is 18.5 Å². The summed E-state index contributed by atoms with van der Waals surface area (Å²) in [6.45, 7) is 8.33. The minimum atomic E-state index is -0.269. The zero-order chi connectivity index (χ0) is 14.7. The highest BCUT2D eigenvalue weighted by Gasteiger charge is 2.60. The molecule has 1 aromatic carbocycles. The van der Waals surface area contributed by atoms with Crippen LogP contribution in [0.25, 0.3) is 0 Å². The van der Waals surface area contributed by atoms with Crippen molar-refractivity contribution in [1.29, 1.82) is 0 Å². The lowest BCUT2D eigenvalue weighted by Crippen LogP contribution is -2.41. The van der Waals surface area contributed by atoms with Gasteiger partial charge in [0.15, 0.2) is 0 Å². The van der Waals surface area contributed by atoms with Crippen LogP contribution in [0.15, 0.2) is 18.2 Å². The van der Waals surface area contributed by atoms with Crippen LogP contribution in [0.5, 0.6) is 0 Å². The smallest absolute Gasteiger partial charge is 0.403 e. The van der Waals surface area contributed by atoms with E-state index in [2.05, 4.69) is 27.7 Å². The summed E-state index contributed by atoms with van der Waals surface area (Å²) in [6, 6.07) is 5.71. The minimum Gasteiger partial charge on any atom is -0.403 e. The number of rotatable bonds is 2. The molecule has 1 aliphatic heterocycles. The van der Waals surface area contributed by atoms with Crippen molar-refractivity contribution in [3.8, 4) is 0 Å². The molecule has 0 aromatic heterocycles. The van der Waals surface area contributed by atoms with Crippen LogP contribution in [-0.2, 0) is 9.31 Å². The van der Waals surface area contributed by atoms with E-state index in [1.165, 1.54) is 0 Å². The van der Waals surface area contributed by atoms with Crippen LogP contribution < -0.4 is 0 Å². The fraction of sp³-hybridized carbons (Fsp3) is 0.600.